The molecule has 2 rings (SSSR count). The standard InChI is InChI=1S/C7H9BFIO2/c8-4-2-7(11)1-3(9)5(10)6(7)12-4/h3-6,11H,1-2H2. The molecule has 2 fully saturated rings. The molecule has 2 radical (unpaired) electrons. The quantitative estimate of drug-likeness (QED) is 0.399. The first-order valence-electron chi connectivity index (χ1n) is 3.94. The number of fused-ring (bicyclic) bond motifs is 1. The maximum atomic E-state index is 13.1. The smallest absolute Gasteiger partial charge is 0.117 e. The Morgan fingerprint density at radius 1 is 1.58 bits per heavy atom. The lowest BCUT2D eigenvalue weighted by Crippen LogP contribution is -2.35. The summed E-state index contributed by atoms with van der Waals surface area (Å²) in [5, 5.41) is 9.89. The predicted molar refractivity (Wildman–Crippen MR) is 51.3 cm³/mol. The second kappa shape index (κ2) is 2.82. The average molecular weight is 282 g/mol. The molecule has 1 saturated heterocycles. The Morgan fingerprint density at radius 2 is 2.25 bits per heavy atom. The van der Waals surface area contributed by atoms with E-state index in [-0.39, 0.29) is 10.3 Å². The van der Waals surface area contributed by atoms with E-state index >= 15 is 0 Å². The molecule has 1 saturated carbocycles. The molecule has 1 N–H and O–H groups in total. The Bertz CT molecular complexity index is 206. The second-order valence-corrected chi connectivity index (χ2v) is 5.01. The van der Waals surface area contributed by atoms with Crippen molar-refractivity contribution in [2.45, 2.75) is 40.6 Å². The van der Waals surface area contributed by atoms with Gasteiger partial charge in [-0.05, 0) is 6.42 Å². The largest absolute Gasteiger partial charge is 0.387 e. The third-order valence-corrected chi connectivity index (χ3v) is 4.02. The first-order chi connectivity index (χ1) is 5.53. The number of aliphatic hydroxyl groups is 1. The molecule has 0 aromatic heterocycles. The van der Waals surface area contributed by atoms with Gasteiger partial charge in [-0.2, -0.15) is 0 Å². The van der Waals surface area contributed by atoms with Gasteiger partial charge in [-0.25, -0.2) is 4.39 Å². The third kappa shape index (κ3) is 1.21. The van der Waals surface area contributed by atoms with Gasteiger partial charge in [0.25, 0.3) is 0 Å². The van der Waals surface area contributed by atoms with Crippen molar-refractivity contribution < 1.29 is 14.2 Å². The number of hydrogen-bond acceptors (Lipinski definition) is 2. The summed E-state index contributed by atoms with van der Waals surface area (Å²) in [6.07, 6.45) is -0.854. The van der Waals surface area contributed by atoms with Gasteiger partial charge >= 0.3 is 0 Å². The molecule has 1 heterocycles. The zero-order chi connectivity index (χ0) is 8.93. The van der Waals surface area contributed by atoms with Gasteiger partial charge < -0.3 is 9.84 Å². The van der Waals surface area contributed by atoms with E-state index in [0.717, 1.165) is 0 Å². The van der Waals surface area contributed by atoms with Crippen molar-refractivity contribution in [2.75, 3.05) is 0 Å². The third-order valence-electron chi connectivity index (χ3n) is 2.59. The summed E-state index contributed by atoms with van der Waals surface area (Å²) in [6, 6.07) is -0.426. The Morgan fingerprint density at radius 3 is 2.83 bits per heavy atom. The van der Waals surface area contributed by atoms with E-state index in [9.17, 15) is 9.50 Å². The van der Waals surface area contributed by atoms with E-state index in [2.05, 4.69) is 0 Å². The van der Waals surface area contributed by atoms with Crippen molar-refractivity contribution in [1.82, 2.24) is 0 Å². The molecule has 5 heteroatoms. The maximum Gasteiger partial charge on any atom is 0.117 e. The SMILES string of the molecule is [B]C1CC2(O)CC(F)C(I)C2O1. The number of hydrogen-bond donors (Lipinski definition) is 1. The minimum absolute atomic E-state index is 0.166. The fourth-order valence-corrected chi connectivity index (χ4v) is 3.13. The molecule has 1 aliphatic heterocycles. The van der Waals surface area contributed by atoms with Crippen LogP contribution in [0.2, 0.25) is 0 Å². The van der Waals surface area contributed by atoms with Crippen molar-refractivity contribution in [2.24, 2.45) is 0 Å². The zero-order valence-electron chi connectivity index (χ0n) is 6.41. The molecule has 12 heavy (non-hydrogen) atoms. The van der Waals surface area contributed by atoms with Gasteiger partial charge in [0.1, 0.15) is 20.1 Å². The molecular weight excluding hydrogens is 273 g/mol. The van der Waals surface area contributed by atoms with E-state index in [1.807, 2.05) is 22.6 Å². The fourth-order valence-electron chi connectivity index (χ4n) is 2.04. The van der Waals surface area contributed by atoms with Crippen molar-refractivity contribution in [3.63, 3.8) is 0 Å². The number of rotatable bonds is 0. The lowest BCUT2D eigenvalue weighted by molar-refractivity contribution is -0.0143. The Labute approximate surface area is 85.4 Å². The summed E-state index contributed by atoms with van der Waals surface area (Å²) >= 11 is 1.98. The number of alkyl halides is 2. The van der Waals surface area contributed by atoms with Crippen molar-refractivity contribution >= 4 is 30.4 Å². The van der Waals surface area contributed by atoms with Gasteiger partial charge in [0.2, 0.25) is 0 Å². The first-order valence-corrected chi connectivity index (χ1v) is 5.19. The van der Waals surface area contributed by atoms with Crippen LogP contribution < -0.4 is 0 Å². The van der Waals surface area contributed by atoms with Crippen LogP contribution in [0.5, 0.6) is 0 Å². The van der Waals surface area contributed by atoms with Crippen molar-refractivity contribution in [3.8, 4) is 0 Å². The van der Waals surface area contributed by atoms with E-state index in [0.29, 0.717) is 6.42 Å². The minimum atomic E-state index is -1.01. The lowest BCUT2D eigenvalue weighted by atomic mass is 9.88. The molecule has 0 bridgehead atoms. The van der Waals surface area contributed by atoms with Gasteiger partial charge in [-0.1, -0.05) is 22.6 Å². The van der Waals surface area contributed by atoms with Crippen LogP contribution in [0.15, 0.2) is 0 Å². The highest BCUT2D eigenvalue weighted by Crippen LogP contribution is 2.46. The molecule has 0 aromatic rings. The number of ether oxygens (including phenoxy) is 1. The summed E-state index contributed by atoms with van der Waals surface area (Å²) in [4.78, 5) is 0. The van der Waals surface area contributed by atoms with Crippen LogP contribution >= 0.6 is 22.6 Å². The van der Waals surface area contributed by atoms with Crippen LogP contribution in [0.25, 0.3) is 0 Å². The minimum Gasteiger partial charge on any atom is -0.387 e. The van der Waals surface area contributed by atoms with Gasteiger partial charge in [0.15, 0.2) is 0 Å². The highest BCUT2D eigenvalue weighted by Gasteiger charge is 2.57. The zero-order valence-corrected chi connectivity index (χ0v) is 8.57. The molecule has 5 atom stereocenters. The van der Waals surface area contributed by atoms with Gasteiger partial charge in [0, 0.05) is 12.4 Å². The van der Waals surface area contributed by atoms with Crippen LogP contribution in [0.1, 0.15) is 12.8 Å². The summed E-state index contributed by atoms with van der Waals surface area (Å²) in [7, 11) is 5.51. The molecule has 2 aliphatic rings. The molecule has 0 amide bonds. The topological polar surface area (TPSA) is 29.5 Å². The van der Waals surface area contributed by atoms with Gasteiger partial charge in [0.05, 0.1) is 9.53 Å². The van der Waals surface area contributed by atoms with Crippen LogP contribution in [-0.2, 0) is 4.74 Å². The second-order valence-electron chi connectivity index (χ2n) is 3.57. The molecule has 0 spiro atoms. The molecule has 0 aromatic carbocycles. The summed E-state index contributed by atoms with van der Waals surface area (Å²) in [5.41, 5.74) is -1.01. The fraction of sp³-hybridized carbons (Fsp3) is 1.00. The normalized spacial score (nSPS) is 58.9. The highest BCUT2D eigenvalue weighted by molar-refractivity contribution is 14.1. The molecule has 5 unspecified atom stereocenters. The van der Waals surface area contributed by atoms with E-state index in [4.69, 9.17) is 12.6 Å². The summed E-state index contributed by atoms with van der Waals surface area (Å²) < 4.78 is 18.1. The van der Waals surface area contributed by atoms with Gasteiger partial charge in [-0.15, -0.1) is 0 Å². The van der Waals surface area contributed by atoms with Crippen molar-refractivity contribution in [3.05, 3.63) is 0 Å². The van der Waals surface area contributed by atoms with Crippen molar-refractivity contribution in [1.29, 1.82) is 0 Å². The molecular formula is C7H9BFIO2. The van der Waals surface area contributed by atoms with Crippen LogP contribution in [-0.4, -0.2) is 40.8 Å². The molecule has 1 aliphatic carbocycles. The van der Waals surface area contributed by atoms with E-state index in [1.54, 1.807) is 0 Å². The Balaban J connectivity index is 2.20. The van der Waals surface area contributed by atoms with Crippen LogP contribution in [0, 0.1) is 0 Å². The first kappa shape index (κ1) is 9.21. The predicted octanol–water partition coefficient (Wildman–Crippen LogP) is 0.546. The van der Waals surface area contributed by atoms with Crippen LogP contribution in [0.3, 0.4) is 0 Å². The summed E-state index contributed by atoms with van der Waals surface area (Å²) in [5.74, 6) is 0. The van der Waals surface area contributed by atoms with Gasteiger partial charge in [-0.3, -0.25) is 0 Å². The Kier molecular flexibility index (Phi) is 2.16. The highest BCUT2D eigenvalue weighted by atomic mass is 127. The number of halogens is 2. The Hall–Kier alpha value is 0.645. The van der Waals surface area contributed by atoms with E-state index in [1.165, 1.54) is 0 Å². The maximum absolute atomic E-state index is 13.1. The monoisotopic (exact) mass is 282 g/mol. The van der Waals surface area contributed by atoms with E-state index < -0.39 is 23.9 Å². The lowest BCUT2D eigenvalue weighted by Gasteiger charge is -2.20. The van der Waals surface area contributed by atoms with Crippen LogP contribution in [0.4, 0.5) is 4.39 Å². The molecule has 66 valence electrons. The molecule has 2 nitrogen and oxygen atoms in total. The summed E-state index contributed by atoms with van der Waals surface area (Å²) in [6.45, 7) is 0. The average Bonchev–Trinajstić information content (AvgIpc) is 2.31.